The molecule has 3 rings (SSSR count). The number of nitriles is 1. The predicted molar refractivity (Wildman–Crippen MR) is 68.8 cm³/mol. The summed E-state index contributed by atoms with van der Waals surface area (Å²) in [5.41, 5.74) is 2.74. The van der Waals surface area contributed by atoms with Gasteiger partial charge < -0.3 is 0 Å². The Morgan fingerprint density at radius 3 is 3.06 bits per heavy atom. The minimum Gasteiger partial charge on any atom is -0.260 e. The fraction of sp³-hybridized carbons (Fsp3) is 0.0667. The van der Waals surface area contributed by atoms with E-state index in [4.69, 9.17) is 5.26 Å². The monoisotopic (exact) mass is 232 g/mol. The Hall–Kier alpha value is -2.60. The molecular weight excluding hydrogens is 222 g/mol. The molecule has 0 aliphatic heterocycles. The minimum absolute atomic E-state index is 0.608. The number of benzene rings is 2. The average Bonchev–Trinajstić information content (AvgIpc) is 2.83. The second-order valence-corrected chi connectivity index (χ2v) is 4.06. The average molecular weight is 232 g/mol. The number of hydrogen-bond acceptors (Lipinski definition) is 2. The lowest BCUT2D eigenvalue weighted by atomic mass is 10.1. The van der Waals surface area contributed by atoms with Gasteiger partial charge in [-0.1, -0.05) is 24.3 Å². The van der Waals surface area contributed by atoms with E-state index in [2.05, 4.69) is 17.2 Å². The van der Waals surface area contributed by atoms with Crippen LogP contribution in [-0.4, -0.2) is 9.78 Å². The third kappa shape index (κ3) is 1.74. The third-order valence-electron chi connectivity index (χ3n) is 2.94. The topological polar surface area (TPSA) is 41.6 Å². The summed E-state index contributed by atoms with van der Waals surface area (Å²) in [5, 5.41) is 14.5. The molecule has 0 bridgehead atoms. The molecule has 2 aromatic carbocycles. The van der Waals surface area contributed by atoms with Crippen molar-refractivity contribution in [2.45, 2.75) is 6.54 Å². The van der Waals surface area contributed by atoms with Gasteiger partial charge in [0.1, 0.15) is 0 Å². The summed E-state index contributed by atoms with van der Waals surface area (Å²) >= 11 is 0. The number of hydrogen-bond donors (Lipinski definition) is 0. The molecule has 18 heavy (non-hydrogen) atoms. The van der Waals surface area contributed by atoms with E-state index in [0.717, 1.165) is 16.5 Å². The van der Waals surface area contributed by atoms with Crippen LogP contribution >= 0.6 is 0 Å². The first-order chi connectivity index (χ1) is 8.88. The van der Waals surface area contributed by atoms with E-state index in [9.17, 15) is 0 Å². The van der Waals surface area contributed by atoms with Crippen molar-refractivity contribution in [1.82, 2.24) is 9.78 Å². The highest BCUT2D eigenvalue weighted by atomic mass is 15.3. The van der Waals surface area contributed by atoms with Crippen LogP contribution in [0, 0.1) is 17.4 Å². The summed E-state index contributed by atoms with van der Waals surface area (Å²) in [6.07, 6.45) is 1.82. The molecule has 3 aromatic rings. The highest BCUT2D eigenvalue weighted by Gasteiger charge is 2.05. The quantitative estimate of drug-likeness (QED) is 0.681. The van der Waals surface area contributed by atoms with Crippen molar-refractivity contribution in [2.75, 3.05) is 0 Å². The third-order valence-corrected chi connectivity index (χ3v) is 2.94. The number of nitrogens with zero attached hydrogens (tertiary/aromatic N) is 3. The highest BCUT2D eigenvalue weighted by molar-refractivity contribution is 5.78. The van der Waals surface area contributed by atoms with E-state index in [1.54, 1.807) is 0 Å². The van der Waals surface area contributed by atoms with Gasteiger partial charge in [-0.15, -0.1) is 0 Å². The summed E-state index contributed by atoms with van der Waals surface area (Å²) in [4.78, 5) is 0. The zero-order chi connectivity index (χ0) is 12.4. The molecule has 3 nitrogen and oxygen atoms in total. The molecule has 0 unspecified atom stereocenters. The summed E-state index contributed by atoms with van der Waals surface area (Å²) in [5.74, 6) is 0. The maximum atomic E-state index is 9.08. The zero-order valence-corrected chi connectivity index (χ0v) is 9.67. The van der Waals surface area contributed by atoms with Crippen LogP contribution in [0.5, 0.6) is 0 Å². The van der Waals surface area contributed by atoms with Crippen molar-refractivity contribution < 1.29 is 0 Å². The lowest BCUT2D eigenvalue weighted by Gasteiger charge is -2.05. The van der Waals surface area contributed by atoms with Gasteiger partial charge in [-0.05, 0) is 29.8 Å². The number of aromatic nitrogens is 2. The summed E-state index contributed by atoms with van der Waals surface area (Å²) in [6, 6.07) is 18.6. The Labute approximate surface area is 105 Å². The molecule has 0 saturated heterocycles. The fourth-order valence-electron chi connectivity index (χ4n) is 2.02. The lowest BCUT2D eigenvalue weighted by Crippen LogP contribution is -2.03. The van der Waals surface area contributed by atoms with Gasteiger partial charge in [0.15, 0.2) is 0 Å². The van der Waals surface area contributed by atoms with Gasteiger partial charge in [0.25, 0.3) is 0 Å². The van der Waals surface area contributed by atoms with Crippen molar-refractivity contribution in [3.05, 3.63) is 65.9 Å². The second-order valence-electron chi connectivity index (χ2n) is 4.06. The largest absolute Gasteiger partial charge is 0.260 e. The molecule has 0 fully saturated rings. The van der Waals surface area contributed by atoms with Crippen LogP contribution in [0.15, 0.2) is 48.7 Å². The molecule has 0 amide bonds. The maximum absolute atomic E-state index is 9.08. The van der Waals surface area contributed by atoms with E-state index >= 15 is 0 Å². The summed E-state index contributed by atoms with van der Waals surface area (Å²) < 4.78 is 1.90. The van der Waals surface area contributed by atoms with Gasteiger partial charge in [-0.3, -0.25) is 4.68 Å². The van der Waals surface area contributed by atoms with Gasteiger partial charge in [0.05, 0.1) is 29.9 Å². The van der Waals surface area contributed by atoms with Gasteiger partial charge in [0, 0.05) is 5.39 Å². The van der Waals surface area contributed by atoms with Crippen molar-refractivity contribution >= 4 is 10.9 Å². The van der Waals surface area contributed by atoms with Crippen LogP contribution in [0.2, 0.25) is 0 Å². The maximum Gasteiger partial charge on any atom is 0.0995 e. The van der Waals surface area contributed by atoms with Crippen molar-refractivity contribution in [1.29, 1.82) is 5.26 Å². The van der Waals surface area contributed by atoms with E-state index in [0.29, 0.717) is 12.1 Å². The molecule has 0 saturated carbocycles. The summed E-state index contributed by atoms with van der Waals surface area (Å²) in [7, 11) is 0. The molecule has 1 aromatic heterocycles. The van der Waals surface area contributed by atoms with Crippen molar-refractivity contribution in [2.24, 2.45) is 0 Å². The SMILES string of the molecule is N#Cc1ccccc1Cn1ncc2c[c]ccc21. The smallest absolute Gasteiger partial charge is 0.0995 e. The van der Waals surface area contributed by atoms with Crippen LogP contribution in [0.3, 0.4) is 0 Å². The molecule has 3 heteroatoms. The number of rotatable bonds is 2. The van der Waals surface area contributed by atoms with Crippen LogP contribution in [-0.2, 0) is 6.54 Å². The van der Waals surface area contributed by atoms with Gasteiger partial charge >= 0.3 is 0 Å². The first-order valence-electron chi connectivity index (χ1n) is 5.68. The molecule has 85 valence electrons. The van der Waals surface area contributed by atoms with Crippen LogP contribution in [0.1, 0.15) is 11.1 Å². The second kappa shape index (κ2) is 4.34. The normalized spacial score (nSPS) is 10.4. The fourth-order valence-corrected chi connectivity index (χ4v) is 2.02. The molecule has 0 atom stereocenters. The Bertz CT molecular complexity index is 735. The molecule has 0 aliphatic rings. The molecule has 0 N–H and O–H groups in total. The predicted octanol–water partition coefficient (Wildman–Crippen LogP) is 2.76. The van der Waals surface area contributed by atoms with E-state index < -0.39 is 0 Å². The standard InChI is InChI=1S/C15H10N3/c16-9-12-5-1-2-7-14(12)11-18-15-8-4-3-6-13(15)10-17-18/h1-2,4-8,10H,11H2. The van der Waals surface area contributed by atoms with E-state index in [1.807, 2.05) is 53.3 Å². The highest BCUT2D eigenvalue weighted by Crippen LogP contribution is 2.15. The molecule has 1 radical (unpaired) electrons. The van der Waals surface area contributed by atoms with Crippen molar-refractivity contribution in [3.63, 3.8) is 0 Å². The van der Waals surface area contributed by atoms with Crippen LogP contribution in [0.25, 0.3) is 10.9 Å². The van der Waals surface area contributed by atoms with Gasteiger partial charge in [-0.2, -0.15) is 10.4 Å². The molecule has 0 aliphatic carbocycles. The Balaban J connectivity index is 2.05. The molecule has 1 heterocycles. The van der Waals surface area contributed by atoms with Crippen LogP contribution in [0.4, 0.5) is 0 Å². The number of fused-ring (bicyclic) bond motifs is 1. The molecule has 0 spiro atoms. The van der Waals surface area contributed by atoms with Gasteiger partial charge in [-0.25, -0.2) is 0 Å². The van der Waals surface area contributed by atoms with Gasteiger partial charge in [0.2, 0.25) is 0 Å². The van der Waals surface area contributed by atoms with E-state index in [-0.39, 0.29) is 0 Å². The zero-order valence-electron chi connectivity index (χ0n) is 9.67. The Kier molecular flexibility index (Phi) is 2.54. The molecular formula is C15H10N3. The minimum atomic E-state index is 0.608. The first kappa shape index (κ1) is 10.5. The Morgan fingerprint density at radius 2 is 2.17 bits per heavy atom. The van der Waals surface area contributed by atoms with Crippen LogP contribution < -0.4 is 0 Å². The Morgan fingerprint density at radius 1 is 1.28 bits per heavy atom. The lowest BCUT2D eigenvalue weighted by molar-refractivity contribution is 0.711. The first-order valence-corrected chi connectivity index (χ1v) is 5.68. The van der Waals surface area contributed by atoms with E-state index in [1.165, 1.54) is 0 Å². The van der Waals surface area contributed by atoms with Crippen molar-refractivity contribution in [3.8, 4) is 6.07 Å². The summed E-state index contributed by atoms with van der Waals surface area (Å²) in [6.45, 7) is 0.608.